The first-order valence-electron chi connectivity index (χ1n) is 4.52. The lowest BCUT2D eigenvalue weighted by molar-refractivity contribution is 0.699. The highest BCUT2D eigenvalue weighted by Gasteiger charge is 2.01. The average Bonchev–Trinajstić information content (AvgIpc) is 2.15. The summed E-state index contributed by atoms with van der Waals surface area (Å²) in [5.41, 5.74) is 5.51. The van der Waals surface area contributed by atoms with Crippen LogP contribution in [-0.4, -0.2) is 28.5 Å². The van der Waals surface area contributed by atoms with E-state index < -0.39 is 0 Å². The molecule has 0 saturated heterocycles. The predicted octanol–water partition coefficient (Wildman–Crippen LogP) is 1.47. The molecule has 1 atom stereocenters. The maximum Gasteiger partial charge on any atom is 0.146 e. The SMILES string of the molecule is CSCC(C)CNc1cncc(N)n1. The molecule has 0 radical (unpaired) electrons. The Morgan fingerprint density at radius 1 is 1.57 bits per heavy atom. The van der Waals surface area contributed by atoms with E-state index in [0.29, 0.717) is 11.7 Å². The molecule has 78 valence electrons. The van der Waals surface area contributed by atoms with Crippen molar-refractivity contribution < 1.29 is 0 Å². The molecule has 0 aliphatic rings. The standard InChI is InChI=1S/C9H16N4S/c1-7(6-14-2)3-12-9-5-11-4-8(10)13-9/h4-5,7H,3,6H2,1-2H3,(H3,10,12,13). The molecule has 0 bridgehead atoms. The van der Waals surface area contributed by atoms with Crippen LogP contribution < -0.4 is 11.1 Å². The molecule has 0 fully saturated rings. The molecule has 1 unspecified atom stereocenters. The van der Waals surface area contributed by atoms with Crippen molar-refractivity contribution in [1.29, 1.82) is 0 Å². The smallest absolute Gasteiger partial charge is 0.146 e. The maximum absolute atomic E-state index is 5.51. The molecule has 1 aromatic heterocycles. The molecule has 0 aromatic carbocycles. The van der Waals surface area contributed by atoms with Crippen LogP contribution in [0.4, 0.5) is 11.6 Å². The van der Waals surface area contributed by atoms with Crippen molar-refractivity contribution in [2.24, 2.45) is 5.92 Å². The monoisotopic (exact) mass is 212 g/mol. The molecule has 0 aliphatic heterocycles. The number of nitrogens with one attached hydrogen (secondary N) is 1. The molecule has 3 N–H and O–H groups in total. The normalized spacial score (nSPS) is 12.4. The van der Waals surface area contributed by atoms with Crippen LogP contribution in [0.3, 0.4) is 0 Å². The van der Waals surface area contributed by atoms with Gasteiger partial charge in [-0.1, -0.05) is 6.92 Å². The van der Waals surface area contributed by atoms with E-state index in [4.69, 9.17) is 5.73 Å². The number of nitrogens with zero attached hydrogens (tertiary/aromatic N) is 2. The first-order valence-corrected chi connectivity index (χ1v) is 5.92. The minimum Gasteiger partial charge on any atom is -0.382 e. The summed E-state index contributed by atoms with van der Waals surface area (Å²) in [4.78, 5) is 8.06. The number of hydrogen-bond donors (Lipinski definition) is 2. The Balaban J connectivity index is 2.37. The van der Waals surface area contributed by atoms with Crippen LogP contribution in [0.2, 0.25) is 0 Å². The largest absolute Gasteiger partial charge is 0.382 e. The second-order valence-corrected chi connectivity index (χ2v) is 4.18. The second-order valence-electron chi connectivity index (χ2n) is 3.27. The molecular formula is C9H16N4S. The van der Waals surface area contributed by atoms with Crippen molar-refractivity contribution in [1.82, 2.24) is 9.97 Å². The molecule has 0 saturated carbocycles. The average molecular weight is 212 g/mol. The molecule has 14 heavy (non-hydrogen) atoms. The topological polar surface area (TPSA) is 63.8 Å². The Hall–Kier alpha value is -0.970. The molecule has 0 spiro atoms. The number of anilines is 2. The van der Waals surface area contributed by atoms with Crippen LogP contribution >= 0.6 is 11.8 Å². The molecular weight excluding hydrogens is 196 g/mol. The van der Waals surface area contributed by atoms with Crippen LogP contribution in [0.5, 0.6) is 0 Å². The van der Waals surface area contributed by atoms with Gasteiger partial charge in [-0.15, -0.1) is 0 Å². The fourth-order valence-electron chi connectivity index (χ4n) is 1.09. The zero-order chi connectivity index (χ0) is 10.4. The third-order valence-corrected chi connectivity index (χ3v) is 2.64. The fraction of sp³-hybridized carbons (Fsp3) is 0.556. The van der Waals surface area contributed by atoms with Gasteiger partial charge >= 0.3 is 0 Å². The lowest BCUT2D eigenvalue weighted by Crippen LogP contribution is -2.14. The zero-order valence-electron chi connectivity index (χ0n) is 8.53. The molecule has 1 heterocycles. The van der Waals surface area contributed by atoms with Crippen LogP contribution in [0.1, 0.15) is 6.92 Å². The third kappa shape index (κ3) is 3.83. The van der Waals surface area contributed by atoms with E-state index in [0.717, 1.165) is 18.1 Å². The number of thioether (sulfide) groups is 1. The number of hydrogen-bond acceptors (Lipinski definition) is 5. The third-order valence-electron chi connectivity index (χ3n) is 1.74. The van der Waals surface area contributed by atoms with E-state index >= 15 is 0 Å². The lowest BCUT2D eigenvalue weighted by atomic mass is 10.2. The zero-order valence-corrected chi connectivity index (χ0v) is 9.34. The van der Waals surface area contributed by atoms with Gasteiger partial charge in [-0.05, 0) is 17.9 Å². The van der Waals surface area contributed by atoms with E-state index in [9.17, 15) is 0 Å². The molecule has 0 amide bonds. The summed E-state index contributed by atoms with van der Waals surface area (Å²) in [5, 5.41) is 3.20. The summed E-state index contributed by atoms with van der Waals surface area (Å²) < 4.78 is 0. The quantitative estimate of drug-likeness (QED) is 0.774. The molecule has 1 rings (SSSR count). The van der Waals surface area contributed by atoms with Gasteiger partial charge in [-0.25, -0.2) is 4.98 Å². The number of nitrogen functional groups attached to an aromatic ring is 1. The maximum atomic E-state index is 5.51. The predicted molar refractivity (Wildman–Crippen MR) is 62.5 cm³/mol. The minimum atomic E-state index is 0.451. The number of nitrogens with two attached hydrogens (primary N) is 1. The lowest BCUT2D eigenvalue weighted by Gasteiger charge is -2.11. The van der Waals surface area contributed by atoms with Gasteiger partial charge < -0.3 is 11.1 Å². The summed E-state index contributed by atoms with van der Waals surface area (Å²) in [5.74, 6) is 2.96. The minimum absolute atomic E-state index is 0.451. The van der Waals surface area contributed by atoms with E-state index in [2.05, 4.69) is 28.5 Å². The van der Waals surface area contributed by atoms with Crippen molar-refractivity contribution in [3.8, 4) is 0 Å². The fourth-order valence-corrected chi connectivity index (χ4v) is 1.78. The van der Waals surface area contributed by atoms with Crippen molar-refractivity contribution in [3.05, 3.63) is 12.4 Å². The van der Waals surface area contributed by atoms with Crippen LogP contribution in [0, 0.1) is 5.92 Å². The van der Waals surface area contributed by atoms with E-state index in [1.165, 1.54) is 6.20 Å². The van der Waals surface area contributed by atoms with Gasteiger partial charge in [0.15, 0.2) is 0 Å². The van der Waals surface area contributed by atoms with Crippen LogP contribution in [0.15, 0.2) is 12.4 Å². The number of rotatable bonds is 5. The van der Waals surface area contributed by atoms with Crippen molar-refractivity contribution in [3.63, 3.8) is 0 Å². The summed E-state index contributed by atoms with van der Waals surface area (Å²) in [6, 6.07) is 0. The Bertz CT molecular complexity index is 279. The highest BCUT2D eigenvalue weighted by molar-refractivity contribution is 7.98. The second kappa shape index (κ2) is 5.70. The van der Waals surface area contributed by atoms with Crippen molar-refractivity contribution in [2.45, 2.75) is 6.92 Å². The highest BCUT2D eigenvalue weighted by atomic mass is 32.2. The molecule has 5 heteroatoms. The Labute approximate surface area is 88.7 Å². The summed E-state index contributed by atoms with van der Waals surface area (Å²) in [6.45, 7) is 3.10. The van der Waals surface area contributed by atoms with Gasteiger partial charge in [0.25, 0.3) is 0 Å². The van der Waals surface area contributed by atoms with Crippen LogP contribution in [0.25, 0.3) is 0 Å². The summed E-state index contributed by atoms with van der Waals surface area (Å²) >= 11 is 1.85. The van der Waals surface area contributed by atoms with Gasteiger partial charge in [-0.2, -0.15) is 11.8 Å². The van der Waals surface area contributed by atoms with Crippen molar-refractivity contribution in [2.75, 3.05) is 29.6 Å². The molecule has 4 nitrogen and oxygen atoms in total. The summed E-state index contributed by atoms with van der Waals surface area (Å²) in [6.07, 6.45) is 5.33. The Kier molecular flexibility index (Phi) is 4.52. The van der Waals surface area contributed by atoms with E-state index in [1.54, 1.807) is 6.20 Å². The molecule has 0 aliphatic carbocycles. The van der Waals surface area contributed by atoms with Crippen molar-refractivity contribution >= 4 is 23.4 Å². The first kappa shape index (κ1) is 11.1. The van der Waals surface area contributed by atoms with E-state index in [-0.39, 0.29) is 0 Å². The van der Waals surface area contributed by atoms with Gasteiger partial charge in [0.05, 0.1) is 12.4 Å². The van der Waals surface area contributed by atoms with E-state index in [1.807, 2.05) is 11.8 Å². The molecule has 1 aromatic rings. The number of aromatic nitrogens is 2. The highest BCUT2D eigenvalue weighted by Crippen LogP contribution is 2.07. The van der Waals surface area contributed by atoms with Gasteiger partial charge in [0.1, 0.15) is 11.6 Å². The Morgan fingerprint density at radius 3 is 3.00 bits per heavy atom. The first-order chi connectivity index (χ1) is 6.72. The van der Waals surface area contributed by atoms with Crippen LogP contribution in [-0.2, 0) is 0 Å². The van der Waals surface area contributed by atoms with Gasteiger partial charge in [0, 0.05) is 6.54 Å². The van der Waals surface area contributed by atoms with Gasteiger partial charge in [-0.3, -0.25) is 4.98 Å². The van der Waals surface area contributed by atoms with Gasteiger partial charge in [0.2, 0.25) is 0 Å². The summed E-state index contributed by atoms with van der Waals surface area (Å²) in [7, 11) is 0. The Morgan fingerprint density at radius 2 is 2.36 bits per heavy atom.